The van der Waals surface area contributed by atoms with E-state index in [0.717, 1.165) is 24.2 Å². The molecule has 5 atom stereocenters. The van der Waals surface area contributed by atoms with E-state index in [4.69, 9.17) is 4.74 Å². The number of ether oxygens (including phenoxy) is 1. The molecule has 0 spiro atoms. The van der Waals surface area contributed by atoms with Crippen LogP contribution in [0.3, 0.4) is 0 Å². The highest BCUT2D eigenvalue weighted by atomic mass is 16.5. The van der Waals surface area contributed by atoms with E-state index in [0.29, 0.717) is 6.61 Å². The van der Waals surface area contributed by atoms with Gasteiger partial charge in [-0.25, -0.2) is 0 Å². The van der Waals surface area contributed by atoms with Crippen LogP contribution in [0, 0.1) is 23.2 Å². The Labute approximate surface area is 112 Å². The van der Waals surface area contributed by atoms with E-state index in [1.165, 1.54) is 25.7 Å². The molecule has 0 aliphatic heterocycles. The van der Waals surface area contributed by atoms with Gasteiger partial charge in [0.1, 0.15) is 0 Å². The van der Waals surface area contributed by atoms with E-state index in [1.54, 1.807) is 0 Å². The van der Waals surface area contributed by atoms with Crippen molar-refractivity contribution in [1.82, 2.24) is 0 Å². The number of hydrogen-bond acceptors (Lipinski definition) is 2. The van der Waals surface area contributed by atoms with Gasteiger partial charge >= 0.3 is 0 Å². The van der Waals surface area contributed by atoms with Crippen molar-refractivity contribution in [2.75, 3.05) is 6.61 Å². The molecule has 0 aromatic carbocycles. The molecule has 0 aromatic rings. The lowest BCUT2D eigenvalue weighted by Crippen LogP contribution is -2.41. The van der Waals surface area contributed by atoms with Crippen LogP contribution in [0.25, 0.3) is 0 Å². The van der Waals surface area contributed by atoms with Gasteiger partial charge in [0.25, 0.3) is 0 Å². The monoisotopic (exact) mass is 254 g/mol. The van der Waals surface area contributed by atoms with E-state index in [-0.39, 0.29) is 17.6 Å². The number of aliphatic hydroxyl groups is 1. The van der Waals surface area contributed by atoms with Crippen molar-refractivity contribution < 1.29 is 9.84 Å². The minimum absolute atomic E-state index is 0.0209. The fourth-order valence-electron chi connectivity index (χ4n) is 4.22. The lowest BCUT2D eigenvalue weighted by Gasteiger charge is -2.36. The Balaban J connectivity index is 1.91. The van der Waals surface area contributed by atoms with Gasteiger partial charge in [0, 0.05) is 6.61 Å². The highest BCUT2D eigenvalue weighted by molar-refractivity contribution is 4.93. The summed E-state index contributed by atoms with van der Waals surface area (Å²) in [5.74, 6) is 2.61. The average Bonchev–Trinajstić information content (AvgIpc) is 2.85. The lowest BCUT2D eigenvalue weighted by atomic mass is 9.79. The third-order valence-electron chi connectivity index (χ3n) is 4.98. The zero-order chi connectivity index (χ0) is 13.3. The topological polar surface area (TPSA) is 29.5 Å². The molecule has 5 unspecified atom stereocenters. The van der Waals surface area contributed by atoms with E-state index in [1.807, 2.05) is 6.92 Å². The van der Waals surface area contributed by atoms with Crippen molar-refractivity contribution in [2.24, 2.45) is 23.2 Å². The van der Waals surface area contributed by atoms with E-state index in [9.17, 15) is 5.11 Å². The minimum Gasteiger partial charge on any atom is -0.390 e. The smallest absolute Gasteiger partial charge is 0.0881 e. The zero-order valence-corrected chi connectivity index (χ0v) is 12.5. The first-order valence-electron chi connectivity index (χ1n) is 7.71. The summed E-state index contributed by atoms with van der Waals surface area (Å²) in [6.07, 6.45) is 6.23. The highest BCUT2D eigenvalue weighted by Gasteiger charge is 2.42. The summed E-state index contributed by atoms with van der Waals surface area (Å²) in [5.41, 5.74) is 0.0209. The van der Waals surface area contributed by atoms with Crippen molar-refractivity contribution in [1.29, 1.82) is 0 Å². The van der Waals surface area contributed by atoms with Crippen molar-refractivity contribution >= 4 is 0 Å². The van der Waals surface area contributed by atoms with E-state index < -0.39 is 0 Å². The molecular weight excluding hydrogens is 224 g/mol. The molecule has 2 aliphatic rings. The molecule has 0 aromatic heterocycles. The van der Waals surface area contributed by atoms with Crippen LogP contribution in [-0.2, 0) is 4.74 Å². The molecule has 0 saturated heterocycles. The Morgan fingerprint density at radius 2 is 1.94 bits per heavy atom. The van der Waals surface area contributed by atoms with Gasteiger partial charge in [0.2, 0.25) is 0 Å². The van der Waals surface area contributed by atoms with Gasteiger partial charge in [0.05, 0.1) is 12.2 Å². The predicted octanol–water partition coefficient (Wildman–Crippen LogP) is 3.62. The van der Waals surface area contributed by atoms with E-state index >= 15 is 0 Å². The van der Waals surface area contributed by atoms with Gasteiger partial charge in [0.15, 0.2) is 0 Å². The number of rotatable bonds is 5. The predicted molar refractivity (Wildman–Crippen MR) is 74.4 cm³/mol. The molecule has 0 radical (unpaired) electrons. The summed E-state index contributed by atoms with van der Waals surface area (Å²) < 4.78 is 5.81. The maximum Gasteiger partial charge on any atom is 0.0881 e. The highest BCUT2D eigenvalue weighted by Crippen LogP contribution is 2.50. The first-order valence-corrected chi connectivity index (χ1v) is 7.71. The standard InChI is InChI=1S/C16H30O2/c1-5-18-15(16(2,3)4)14(17)10-13-9-11-6-7-12(13)8-11/h11-15,17H,5-10H2,1-4H3. The Bertz CT molecular complexity index is 269. The minimum atomic E-state index is -0.297. The summed E-state index contributed by atoms with van der Waals surface area (Å²) in [7, 11) is 0. The maximum absolute atomic E-state index is 10.5. The summed E-state index contributed by atoms with van der Waals surface area (Å²) in [6, 6.07) is 0. The second-order valence-corrected chi connectivity index (χ2v) is 7.48. The first-order chi connectivity index (χ1) is 8.41. The Morgan fingerprint density at radius 1 is 1.22 bits per heavy atom. The molecular formula is C16H30O2. The van der Waals surface area contributed by atoms with Gasteiger partial charge in [-0.3, -0.25) is 0 Å². The fraction of sp³-hybridized carbons (Fsp3) is 1.00. The molecule has 2 heteroatoms. The first kappa shape index (κ1) is 14.3. The second kappa shape index (κ2) is 5.50. The molecule has 2 rings (SSSR count). The quantitative estimate of drug-likeness (QED) is 0.812. The third kappa shape index (κ3) is 3.08. The van der Waals surface area contributed by atoms with Crippen LogP contribution in [0.4, 0.5) is 0 Å². The van der Waals surface area contributed by atoms with Crippen molar-refractivity contribution in [2.45, 2.75) is 72.0 Å². The molecule has 2 saturated carbocycles. The third-order valence-corrected chi connectivity index (χ3v) is 4.98. The zero-order valence-electron chi connectivity index (χ0n) is 12.5. The Morgan fingerprint density at radius 3 is 2.39 bits per heavy atom. The van der Waals surface area contributed by atoms with Crippen LogP contribution in [0.1, 0.15) is 59.8 Å². The van der Waals surface area contributed by atoms with Gasteiger partial charge in [-0.05, 0) is 55.8 Å². The normalized spacial score (nSPS) is 34.8. The van der Waals surface area contributed by atoms with Crippen molar-refractivity contribution in [3.8, 4) is 0 Å². The Kier molecular flexibility index (Phi) is 4.38. The number of hydrogen-bond donors (Lipinski definition) is 1. The van der Waals surface area contributed by atoms with Crippen LogP contribution in [0.5, 0.6) is 0 Å². The Hall–Kier alpha value is -0.0800. The second-order valence-electron chi connectivity index (χ2n) is 7.48. The summed E-state index contributed by atoms with van der Waals surface area (Å²) >= 11 is 0. The molecule has 2 nitrogen and oxygen atoms in total. The van der Waals surface area contributed by atoms with Crippen LogP contribution in [0.15, 0.2) is 0 Å². The van der Waals surface area contributed by atoms with Crippen LogP contribution in [0.2, 0.25) is 0 Å². The molecule has 0 amide bonds. The lowest BCUT2D eigenvalue weighted by molar-refractivity contribution is -0.0965. The molecule has 106 valence electrons. The van der Waals surface area contributed by atoms with Gasteiger partial charge in [-0.1, -0.05) is 27.2 Å². The summed E-state index contributed by atoms with van der Waals surface area (Å²) in [6.45, 7) is 9.20. The molecule has 0 heterocycles. The number of aliphatic hydroxyl groups excluding tert-OH is 1. The summed E-state index contributed by atoms with van der Waals surface area (Å²) in [5, 5.41) is 10.5. The molecule has 18 heavy (non-hydrogen) atoms. The molecule has 2 fully saturated rings. The van der Waals surface area contributed by atoms with Gasteiger partial charge in [-0.2, -0.15) is 0 Å². The SMILES string of the molecule is CCOC(C(O)CC1CC2CCC1C2)C(C)(C)C. The van der Waals surface area contributed by atoms with Crippen molar-refractivity contribution in [3.05, 3.63) is 0 Å². The van der Waals surface area contributed by atoms with Crippen LogP contribution in [-0.4, -0.2) is 23.9 Å². The molecule has 1 N–H and O–H groups in total. The largest absolute Gasteiger partial charge is 0.390 e. The average molecular weight is 254 g/mol. The molecule has 2 bridgehead atoms. The molecule has 2 aliphatic carbocycles. The maximum atomic E-state index is 10.5. The van der Waals surface area contributed by atoms with Crippen LogP contribution < -0.4 is 0 Å². The fourth-order valence-corrected chi connectivity index (χ4v) is 4.22. The van der Waals surface area contributed by atoms with Gasteiger partial charge in [-0.15, -0.1) is 0 Å². The van der Waals surface area contributed by atoms with E-state index in [2.05, 4.69) is 20.8 Å². The van der Waals surface area contributed by atoms with Crippen molar-refractivity contribution in [3.63, 3.8) is 0 Å². The summed E-state index contributed by atoms with van der Waals surface area (Å²) in [4.78, 5) is 0. The number of fused-ring (bicyclic) bond motifs is 2. The van der Waals surface area contributed by atoms with Crippen LogP contribution >= 0.6 is 0 Å². The van der Waals surface area contributed by atoms with Gasteiger partial charge < -0.3 is 9.84 Å².